The molecule has 254 valence electrons. The van der Waals surface area contributed by atoms with E-state index in [9.17, 15) is 92.9 Å². The van der Waals surface area contributed by atoms with Crippen molar-refractivity contribution in [1.29, 1.82) is 0 Å². The Labute approximate surface area is 243 Å². The van der Waals surface area contributed by atoms with Gasteiger partial charge in [0.15, 0.2) is 0 Å². The number of halogens is 20. The molecule has 1 aliphatic rings. The molecule has 0 unspecified atom stereocenters. The molecule has 1 N–H and O–H groups in total. The Morgan fingerprint density at radius 1 is 0.489 bits per heavy atom. The maximum atomic E-state index is 14.9. The average Bonchev–Trinajstić information content (AvgIpc) is 3.22. The first-order valence-corrected chi connectivity index (χ1v) is 14.6. The van der Waals surface area contributed by atoms with E-state index in [1.54, 1.807) is 0 Å². The Morgan fingerprint density at radius 2 is 0.844 bits per heavy atom. The van der Waals surface area contributed by atoms with Crippen molar-refractivity contribution in [3.8, 4) is 0 Å². The van der Waals surface area contributed by atoms with Crippen molar-refractivity contribution >= 4 is 27.7 Å². The standard InChI is InChI=1S/C11H5F10O.C11H4F10O.Sb/c2*12-8(13,10(16,17)18)7(22,6-4-2-1-3-5-6)9(14,15)11(19,20)21;/h1-4,22H;1-4H;/q;-1;+1. The molecule has 1 aliphatic heterocycles. The zero-order valence-corrected chi connectivity index (χ0v) is 23.0. The Morgan fingerprint density at radius 3 is 1.22 bits per heavy atom. The summed E-state index contributed by atoms with van der Waals surface area (Å²) in [5.74, 6) is -29.9. The molecule has 0 saturated carbocycles. The van der Waals surface area contributed by atoms with Crippen LogP contribution in [0, 0.1) is 0 Å². The van der Waals surface area contributed by atoms with Gasteiger partial charge in [0.25, 0.3) is 0 Å². The number of benzene rings is 2. The summed E-state index contributed by atoms with van der Waals surface area (Å²) in [6.45, 7) is 0. The van der Waals surface area contributed by atoms with Crippen molar-refractivity contribution in [3.63, 3.8) is 0 Å². The quantitative estimate of drug-likeness (QED) is 0.252. The molecule has 2 aromatic rings. The van der Waals surface area contributed by atoms with Crippen LogP contribution in [0.25, 0.3) is 0 Å². The third-order valence-electron chi connectivity index (χ3n) is 6.46. The molecule has 0 spiro atoms. The van der Waals surface area contributed by atoms with Gasteiger partial charge in [-0.05, 0) is 0 Å². The van der Waals surface area contributed by atoms with E-state index in [-0.39, 0.29) is 30.3 Å². The second kappa shape index (κ2) is 10.4. The fraction of sp³-hybridized carbons (Fsp3) is 0.455. The first-order chi connectivity index (χ1) is 19.8. The van der Waals surface area contributed by atoms with Gasteiger partial charge in [-0.2, -0.15) is 0 Å². The minimum atomic E-state index is -7.60. The third-order valence-corrected chi connectivity index (χ3v) is 12.5. The van der Waals surface area contributed by atoms with Crippen molar-refractivity contribution in [1.82, 2.24) is 0 Å². The minimum absolute atomic E-state index is 0.0764. The Bertz CT molecular complexity index is 1370. The van der Waals surface area contributed by atoms with E-state index >= 15 is 0 Å². The molecule has 0 aromatic heterocycles. The summed E-state index contributed by atoms with van der Waals surface area (Å²) in [6.07, 6.45) is -29.8. The maximum absolute atomic E-state index is 14.9. The van der Waals surface area contributed by atoms with Gasteiger partial charge in [-0.1, -0.05) is 0 Å². The van der Waals surface area contributed by atoms with E-state index in [2.05, 4.69) is 3.02 Å². The molecular formula is C22H9F20O2Sb. The second-order valence-corrected chi connectivity index (χ2v) is 14.1. The molecular weight excluding hydrogens is 798 g/mol. The number of aliphatic hydroxyl groups is 1. The molecule has 23 heteroatoms. The van der Waals surface area contributed by atoms with Crippen LogP contribution in [0.2, 0.25) is 0 Å². The van der Waals surface area contributed by atoms with E-state index in [1.807, 2.05) is 0 Å². The van der Waals surface area contributed by atoms with Gasteiger partial charge in [-0.3, -0.25) is 0 Å². The van der Waals surface area contributed by atoms with Crippen molar-refractivity contribution in [3.05, 3.63) is 59.7 Å². The van der Waals surface area contributed by atoms with Gasteiger partial charge in [0, 0.05) is 0 Å². The SMILES string of the molecule is OC(c1cccc[c]1[Sb]1[O]C(C(F)(F)C(F)(F)F)(C(F)(F)C(F)(F)F)c2cccc[c]21)(C(F)(F)C(F)(F)F)C(F)(F)C(F)(F)F. The van der Waals surface area contributed by atoms with Gasteiger partial charge in [-0.15, -0.1) is 0 Å². The molecule has 0 atom stereocenters. The number of hydrogen-bond donors (Lipinski definition) is 1. The molecule has 45 heavy (non-hydrogen) atoms. The Kier molecular flexibility index (Phi) is 8.60. The van der Waals surface area contributed by atoms with Gasteiger partial charge in [-0.25, -0.2) is 0 Å². The molecule has 0 bridgehead atoms. The average molecular weight is 807 g/mol. The normalized spacial score (nSPS) is 17.9. The third kappa shape index (κ3) is 4.85. The van der Waals surface area contributed by atoms with E-state index in [4.69, 9.17) is 0 Å². The van der Waals surface area contributed by atoms with Crippen LogP contribution in [-0.4, -0.2) is 74.1 Å². The van der Waals surface area contributed by atoms with E-state index < -0.39 is 104 Å². The Hall–Kier alpha value is -2.22. The number of rotatable bonds is 6. The van der Waals surface area contributed by atoms with Crippen LogP contribution >= 0.6 is 0 Å². The van der Waals surface area contributed by atoms with Crippen LogP contribution < -0.4 is 7.02 Å². The Balaban J connectivity index is 2.57. The molecule has 0 amide bonds. The summed E-state index contributed by atoms with van der Waals surface area (Å²) in [4.78, 5) is 0. The van der Waals surface area contributed by atoms with Gasteiger partial charge in [0.2, 0.25) is 0 Å². The molecule has 3 rings (SSSR count). The number of hydrogen-bond acceptors (Lipinski definition) is 2. The molecule has 0 saturated heterocycles. The molecule has 0 aliphatic carbocycles. The zero-order chi connectivity index (χ0) is 35.3. The summed E-state index contributed by atoms with van der Waals surface area (Å²) >= 11 is -6.36. The van der Waals surface area contributed by atoms with Crippen LogP contribution in [0.5, 0.6) is 0 Å². The van der Waals surface area contributed by atoms with Crippen molar-refractivity contribution in [2.24, 2.45) is 0 Å². The number of alkyl halides is 20. The first-order valence-electron chi connectivity index (χ1n) is 11.0. The molecule has 0 fully saturated rings. The topological polar surface area (TPSA) is 29.5 Å². The van der Waals surface area contributed by atoms with Crippen LogP contribution in [0.15, 0.2) is 48.5 Å². The molecule has 2 aromatic carbocycles. The predicted molar refractivity (Wildman–Crippen MR) is 109 cm³/mol. The van der Waals surface area contributed by atoms with Crippen molar-refractivity contribution < 1.29 is 95.9 Å². The summed E-state index contributed by atoms with van der Waals surface area (Å²) in [5, 5.41) is 10.2. The molecule has 0 radical (unpaired) electrons. The van der Waals surface area contributed by atoms with Gasteiger partial charge < -0.3 is 0 Å². The number of fused-ring (bicyclic) bond motifs is 1. The van der Waals surface area contributed by atoms with Crippen LogP contribution in [0.1, 0.15) is 11.1 Å². The van der Waals surface area contributed by atoms with E-state index in [0.717, 1.165) is 0 Å². The summed E-state index contributed by atoms with van der Waals surface area (Å²) in [6, 6.07) is 0.347. The van der Waals surface area contributed by atoms with Crippen LogP contribution in [0.4, 0.5) is 87.8 Å². The van der Waals surface area contributed by atoms with Crippen molar-refractivity contribution in [2.75, 3.05) is 0 Å². The molecule has 2 nitrogen and oxygen atoms in total. The second-order valence-electron chi connectivity index (χ2n) is 9.10. The van der Waals surface area contributed by atoms with Crippen LogP contribution in [-0.2, 0) is 14.2 Å². The zero-order valence-electron chi connectivity index (χ0n) is 20.5. The van der Waals surface area contributed by atoms with Gasteiger partial charge >= 0.3 is 243 Å². The molecule has 1 heterocycles. The van der Waals surface area contributed by atoms with E-state index in [0.29, 0.717) is 12.1 Å². The fourth-order valence-electron chi connectivity index (χ4n) is 4.31. The summed E-state index contributed by atoms with van der Waals surface area (Å²) in [7, 11) is 0. The van der Waals surface area contributed by atoms with Crippen molar-refractivity contribution in [2.45, 2.75) is 59.6 Å². The monoisotopic (exact) mass is 806 g/mol. The van der Waals surface area contributed by atoms with Gasteiger partial charge in [0.1, 0.15) is 0 Å². The van der Waals surface area contributed by atoms with E-state index in [1.165, 1.54) is 0 Å². The predicted octanol–water partition coefficient (Wildman–Crippen LogP) is 7.00. The summed E-state index contributed by atoms with van der Waals surface area (Å²) in [5.41, 5.74) is -18.5. The van der Waals surface area contributed by atoms with Crippen LogP contribution in [0.3, 0.4) is 0 Å². The summed E-state index contributed by atoms with van der Waals surface area (Å²) < 4.78 is 279. The first kappa shape index (κ1) is 37.2. The van der Waals surface area contributed by atoms with Gasteiger partial charge in [0.05, 0.1) is 0 Å². The fourth-order valence-corrected chi connectivity index (χ4v) is 11.2.